The first-order valence-corrected chi connectivity index (χ1v) is 7.48. The van der Waals surface area contributed by atoms with Gasteiger partial charge >= 0.3 is 0 Å². The van der Waals surface area contributed by atoms with Crippen LogP contribution in [0.1, 0.15) is 13.3 Å². The van der Waals surface area contributed by atoms with Crippen molar-refractivity contribution in [2.45, 2.75) is 13.3 Å². The van der Waals surface area contributed by atoms with Gasteiger partial charge in [-0.05, 0) is 18.6 Å². The van der Waals surface area contributed by atoms with Crippen LogP contribution < -0.4 is 4.74 Å². The quantitative estimate of drug-likeness (QED) is 0.778. The molecule has 0 aliphatic carbocycles. The molecule has 1 aromatic heterocycles. The van der Waals surface area contributed by atoms with Gasteiger partial charge in [0.2, 0.25) is 0 Å². The zero-order chi connectivity index (χ0) is 16.1. The standard InChI is InChI=1S/C18H17N3O2/c1-2-10-23-14-8-9-15(16(22)11-14)18-20-12-19-17(21-18)13-6-4-3-5-7-13/h3-9,11-12,22H,2,10H2,1H3. The van der Waals surface area contributed by atoms with Gasteiger partial charge in [0.25, 0.3) is 0 Å². The second-order valence-corrected chi connectivity index (χ2v) is 5.03. The first kappa shape index (κ1) is 15.0. The van der Waals surface area contributed by atoms with E-state index in [0.717, 1.165) is 12.0 Å². The highest BCUT2D eigenvalue weighted by Crippen LogP contribution is 2.31. The maximum absolute atomic E-state index is 10.2. The first-order chi connectivity index (χ1) is 11.3. The molecule has 0 atom stereocenters. The zero-order valence-electron chi connectivity index (χ0n) is 12.8. The van der Waals surface area contributed by atoms with E-state index in [4.69, 9.17) is 4.74 Å². The van der Waals surface area contributed by atoms with E-state index in [-0.39, 0.29) is 5.75 Å². The number of phenols is 1. The summed E-state index contributed by atoms with van der Waals surface area (Å²) in [6.45, 7) is 2.65. The molecule has 2 aromatic carbocycles. The van der Waals surface area contributed by atoms with Gasteiger partial charge in [0, 0.05) is 11.6 Å². The topological polar surface area (TPSA) is 68.1 Å². The van der Waals surface area contributed by atoms with Crippen LogP contribution in [0.4, 0.5) is 0 Å². The summed E-state index contributed by atoms with van der Waals surface area (Å²) < 4.78 is 5.51. The van der Waals surface area contributed by atoms with E-state index in [1.807, 2.05) is 37.3 Å². The molecule has 0 aliphatic rings. The molecule has 0 unspecified atom stereocenters. The zero-order valence-corrected chi connectivity index (χ0v) is 12.8. The molecule has 5 nitrogen and oxygen atoms in total. The molecular formula is C18H17N3O2. The van der Waals surface area contributed by atoms with Crippen molar-refractivity contribution in [3.05, 3.63) is 54.9 Å². The van der Waals surface area contributed by atoms with Crippen molar-refractivity contribution in [1.29, 1.82) is 0 Å². The third-order valence-corrected chi connectivity index (χ3v) is 3.29. The summed E-state index contributed by atoms with van der Waals surface area (Å²) in [5.41, 5.74) is 1.45. The van der Waals surface area contributed by atoms with Gasteiger partial charge in [-0.1, -0.05) is 37.3 Å². The molecule has 5 heteroatoms. The number of hydrogen-bond acceptors (Lipinski definition) is 5. The van der Waals surface area contributed by atoms with Gasteiger partial charge in [0.05, 0.1) is 12.2 Å². The van der Waals surface area contributed by atoms with Crippen LogP contribution in [0.3, 0.4) is 0 Å². The Hall–Kier alpha value is -2.95. The van der Waals surface area contributed by atoms with Gasteiger partial charge in [0.1, 0.15) is 17.8 Å². The summed E-state index contributed by atoms with van der Waals surface area (Å²) in [4.78, 5) is 12.8. The Balaban J connectivity index is 1.93. The van der Waals surface area contributed by atoms with Crippen molar-refractivity contribution >= 4 is 0 Å². The van der Waals surface area contributed by atoms with Crippen LogP contribution in [0, 0.1) is 0 Å². The highest BCUT2D eigenvalue weighted by atomic mass is 16.5. The number of nitrogens with zero attached hydrogens (tertiary/aromatic N) is 3. The molecule has 0 saturated carbocycles. The molecule has 3 aromatic rings. The Labute approximate surface area is 134 Å². The van der Waals surface area contributed by atoms with E-state index in [0.29, 0.717) is 29.6 Å². The normalized spacial score (nSPS) is 10.5. The highest BCUT2D eigenvalue weighted by molar-refractivity contribution is 5.67. The second kappa shape index (κ2) is 6.87. The van der Waals surface area contributed by atoms with Crippen molar-refractivity contribution in [1.82, 2.24) is 15.0 Å². The van der Waals surface area contributed by atoms with Crippen molar-refractivity contribution in [3.63, 3.8) is 0 Å². The average Bonchev–Trinajstić information content (AvgIpc) is 2.61. The minimum Gasteiger partial charge on any atom is -0.507 e. The van der Waals surface area contributed by atoms with E-state index in [9.17, 15) is 5.11 Å². The molecule has 0 amide bonds. The summed E-state index contributed by atoms with van der Waals surface area (Å²) in [6, 6.07) is 14.8. The van der Waals surface area contributed by atoms with Crippen LogP contribution in [-0.4, -0.2) is 26.7 Å². The lowest BCUT2D eigenvalue weighted by Gasteiger charge is -2.08. The van der Waals surface area contributed by atoms with Gasteiger partial charge in [-0.25, -0.2) is 15.0 Å². The number of aromatic hydroxyl groups is 1. The Morgan fingerprint density at radius 3 is 2.52 bits per heavy atom. The van der Waals surface area contributed by atoms with E-state index < -0.39 is 0 Å². The number of ether oxygens (including phenoxy) is 1. The lowest BCUT2D eigenvalue weighted by Crippen LogP contribution is -1.97. The molecule has 0 fully saturated rings. The van der Waals surface area contributed by atoms with Crippen LogP contribution in [0.15, 0.2) is 54.9 Å². The van der Waals surface area contributed by atoms with E-state index >= 15 is 0 Å². The molecule has 3 rings (SSSR count). The predicted molar refractivity (Wildman–Crippen MR) is 88.1 cm³/mol. The lowest BCUT2D eigenvalue weighted by molar-refractivity contribution is 0.315. The minimum atomic E-state index is 0.0869. The molecule has 0 bridgehead atoms. The summed E-state index contributed by atoms with van der Waals surface area (Å²) in [6.07, 6.45) is 2.36. The SMILES string of the molecule is CCCOc1ccc(-c2ncnc(-c3ccccc3)n2)c(O)c1. The van der Waals surface area contributed by atoms with Gasteiger partial charge in [-0.3, -0.25) is 0 Å². The van der Waals surface area contributed by atoms with Crippen molar-refractivity contribution in [3.8, 4) is 34.3 Å². The fraction of sp³-hybridized carbons (Fsp3) is 0.167. The fourth-order valence-electron chi connectivity index (χ4n) is 2.16. The van der Waals surface area contributed by atoms with Crippen molar-refractivity contribution in [2.24, 2.45) is 0 Å². The molecule has 23 heavy (non-hydrogen) atoms. The summed E-state index contributed by atoms with van der Waals surface area (Å²) in [5.74, 6) is 1.72. The van der Waals surface area contributed by atoms with Gasteiger partial charge < -0.3 is 9.84 Å². The smallest absolute Gasteiger partial charge is 0.167 e. The third kappa shape index (κ3) is 3.45. The third-order valence-electron chi connectivity index (χ3n) is 3.29. The molecular weight excluding hydrogens is 290 g/mol. The number of aromatic nitrogens is 3. The molecule has 0 radical (unpaired) electrons. The molecule has 1 N–H and O–H groups in total. The Morgan fingerprint density at radius 2 is 1.78 bits per heavy atom. The van der Waals surface area contributed by atoms with Crippen molar-refractivity contribution in [2.75, 3.05) is 6.61 Å². The van der Waals surface area contributed by atoms with Crippen LogP contribution in [-0.2, 0) is 0 Å². The van der Waals surface area contributed by atoms with Gasteiger partial charge in [0.15, 0.2) is 11.6 Å². The number of benzene rings is 2. The maximum Gasteiger partial charge on any atom is 0.167 e. The largest absolute Gasteiger partial charge is 0.507 e. The second-order valence-electron chi connectivity index (χ2n) is 5.03. The summed E-state index contributed by atoms with van der Waals surface area (Å²) in [5, 5.41) is 10.2. The number of rotatable bonds is 5. The monoisotopic (exact) mass is 307 g/mol. The first-order valence-electron chi connectivity index (χ1n) is 7.48. The van der Waals surface area contributed by atoms with Crippen LogP contribution in [0.5, 0.6) is 11.5 Å². The Kier molecular flexibility index (Phi) is 4.47. The highest BCUT2D eigenvalue weighted by Gasteiger charge is 2.11. The Bertz CT molecular complexity index is 791. The maximum atomic E-state index is 10.2. The summed E-state index contributed by atoms with van der Waals surface area (Å²) in [7, 11) is 0. The number of phenolic OH excluding ortho intramolecular Hbond substituents is 1. The predicted octanol–water partition coefficient (Wildman–Crippen LogP) is 3.70. The summed E-state index contributed by atoms with van der Waals surface area (Å²) >= 11 is 0. The lowest BCUT2D eigenvalue weighted by atomic mass is 10.1. The van der Waals surface area contributed by atoms with E-state index in [2.05, 4.69) is 15.0 Å². The molecule has 0 aliphatic heterocycles. The van der Waals surface area contributed by atoms with E-state index in [1.54, 1.807) is 18.2 Å². The van der Waals surface area contributed by atoms with Gasteiger partial charge in [-0.15, -0.1) is 0 Å². The molecule has 116 valence electrons. The fourth-order valence-corrected chi connectivity index (χ4v) is 2.16. The van der Waals surface area contributed by atoms with Crippen LogP contribution >= 0.6 is 0 Å². The number of hydrogen-bond donors (Lipinski definition) is 1. The minimum absolute atomic E-state index is 0.0869. The molecule has 0 saturated heterocycles. The molecule has 0 spiro atoms. The van der Waals surface area contributed by atoms with Crippen LogP contribution in [0.2, 0.25) is 0 Å². The van der Waals surface area contributed by atoms with Crippen molar-refractivity contribution < 1.29 is 9.84 Å². The Morgan fingerprint density at radius 1 is 1.00 bits per heavy atom. The average molecular weight is 307 g/mol. The van der Waals surface area contributed by atoms with Gasteiger partial charge in [-0.2, -0.15) is 0 Å². The molecule has 1 heterocycles. The van der Waals surface area contributed by atoms with E-state index in [1.165, 1.54) is 6.33 Å². The van der Waals surface area contributed by atoms with Crippen LogP contribution in [0.25, 0.3) is 22.8 Å².